The molecule has 1 aromatic heterocycles. The molecule has 4 heterocycles. The van der Waals surface area contributed by atoms with Crippen molar-refractivity contribution in [2.24, 2.45) is 5.92 Å². The van der Waals surface area contributed by atoms with Crippen LogP contribution in [-0.4, -0.2) is 84.6 Å². The number of aromatic nitrogens is 2. The molecule has 3 aromatic rings. The third kappa shape index (κ3) is 5.61. The van der Waals surface area contributed by atoms with Crippen molar-refractivity contribution in [3.8, 4) is 12.1 Å². The lowest BCUT2D eigenvalue weighted by molar-refractivity contribution is -0.128. The van der Waals surface area contributed by atoms with E-state index in [1.165, 1.54) is 6.08 Å². The number of halogens is 1. The fourth-order valence-corrected chi connectivity index (χ4v) is 6.83. The molecule has 0 N–H and O–H groups in total. The molecule has 2 aromatic carbocycles. The molecule has 2 fully saturated rings. The Labute approximate surface area is 251 Å². The Kier molecular flexibility index (Phi) is 8.18. The van der Waals surface area contributed by atoms with Crippen LogP contribution in [-0.2, 0) is 17.8 Å². The summed E-state index contributed by atoms with van der Waals surface area (Å²) in [6.07, 6.45) is 3.43. The van der Waals surface area contributed by atoms with E-state index >= 15 is 0 Å². The zero-order valence-corrected chi connectivity index (χ0v) is 24.8. The predicted octanol–water partition coefficient (Wildman–Crippen LogP) is 4.29. The van der Waals surface area contributed by atoms with E-state index in [9.17, 15) is 10.1 Å². The van der Waals surface area contributed by atoms with Crippen LogP contribution in [0.15, 0.2) is 49.1 Å². The van der Waals surface area contributed by atoms with E-state index in [-0.39, 0.29) is 18.4 Å². The second-order valence-corrected chi connectivity index (χ2v) is 11.9. The Morgan fingerprint density at radius 2 is 1.98 bits per heavy atom. The molecule has 1 unspecified atom stereocenters. The van der Waals surface area contributed by atoms with Crippen molar-refractivity contribution in [3.63, 3.8) is 0 Å². The van der Waals surface area contributed by atoms with E-state index in [1.807, 2.05) is 12.1 Å². The van der Waals surface area contributed by atoms with Crippen LogP contribution in [0.2, 0.25) is 5.02 Å². The summed E-state index contributed by atoms with van der Waals surface area (Å²) < 4.78 is 6.27. The Hall–Kier alpha value is -3.87. The minimum absolute atomic E-state index is 0.144. The summed E-state index contributed by atoms with van der Waals surface area (Å²) >= 11 is 6.69. The number of fused-ring (bicyclic) bond motifs is 2. The van der Waals surface area contributed by atoms with Gasteiger partial charge >= 0.3 is 6.01 Å². The number of rotatable bonds is 7. The minimum Gasteiger partial charge on any atom is -0.463 e. The first-order valence-corrected chi connectivity index (χ1v) is 15.0. The van der Waals surface area contributed by atoms with Gasteiger partial charge in [0.2, 0.25) is 5.91 Å². The standard InChI is InChI=1S/C32H36ClN7O2/c1-3-29(41)40-17-16-39(19-24(40)10-13-34)31-25-12-15-38(28-9-5-7-23-6-4-8-26(33)30(23)28)20-27(25)35-32(36-31)42-21-22-11-14-37(2)18-22/h3-9,22,24H,1,10-12,14-21H2,2H3/t22?,24-/m0/s1. The van der Waals surface area contributed by atoms with Crippen LogP contribution in [0.3, 0.4) is 0 Å². The van der Waals surface area contributed by atoms with Crippen molar-refractivity contribution >= 4 is 39.8 Å². The largest absolute Gasteiger partial charge is 0.463 e. The van der Waals surface area contributed by atoms with Crippen LogP contribution in [0.1, 0.15) is 24.1 Å². The molecular formula is C32H36ClN7O2. The number of benzene rings is 2. The van der Waals surface area contributed by atoms with Gasteiger partial charge in [0.25, 0.3) is 0 Å². The number of nitrogens with zero attached hydrogens (tertiary/aromatic N) is 7. The van der Waals surface area contributed by atoms with Gasteiger partial charge in [0, 0.05) is 55.3 Å². The number of hydrogen-bond acceptors (Lipinski definition) is 8. The first kappa shape index (κ1) is 28.3. The second kappa shape index (κ2) is 12.2. The van der Waals surface area contributed by atoms with Crippen LogP contribution in [0.4, 0.5) is 11.5 Å². The summed E-state index contributed by atoms with van der Waals surface area (Å²) in [5.41, 5.74) is 3.13. The molecule has 2 atom stereocenters. The number of nitriles is 1. The van der Waals surface area contributed by atoms with Gasteiger partial charge in [-0.1, -0.05) is 42.4 Å². The summed E-state index contributed by atoms with van der Waals surface area (Å²) in [6.45, 7) is 9.32. The fraction of sp³-hybridized carbons (Fsp3) is 0.438. The van der Waals surface area contributed by atoms with Crippen molar-refractivity contribution in [3.05, 3.63) is 65.3 Å². The van der Waals surface area contributed by atoms with Gasteiger partial charge in [-0.15, -0.1) is 0 Å². The molecule has 0 radical (unpaired) electrons. The van der Waals surface area contributed by atoms with Gasteiger partial charge in [-0.2, -0.15) is 15.2 Å². The number of ether oxygens (including phenoxy) is 1. The second-order valence-electron chi connectivity index (χ2n) is 11.5. The number of amides is 1. The van der Waals surface area contributed by atoms with Gasteiger partial charge < -0.3 is 24.3 Å². The zero-order chi connectivity index (χ0) is 29.2. The molecule has 218 valence electrons. The lowest BCUT2D eigenvalue weighted by Gasteiger charge is -2.42. The van der Waals surface area contributed by atoms with E-state index in [0.29, 0.717) is 44.7 Å². The smallest absolute Gasteiger partial charge is 0.318 e. The number of piperazine rings is 1. The highest BCUT2D eigenvalue weighted by Gasteiger charge is 2.33. The lowest BCUT2D eigenvalue weighted by Crippen LogP contribution is -2.55. The SMILES string of the molecule is C=CC(=O)N1CCN(c2nc(OCC3CCN(C)C3)nc3c2CCN(c2cccc4cccc(Cl)c24)C3)C[C@@H]1CC#N. The van der Waals surface area contributed by atoms with E-state index < -0.39 is 0 Å². The lowest BCUT2D eigenvalue weighted by atomic mass is 10.0. The molecule has 0 spiro atoms. The van der Waals surface area contributed by atoms with Crippen molar-refractivity contribution in [1.29, 1.82) is 5.26 Å². The third-order valence-corrected chi connectivity index (χ3v) is 9.01. The molecule has 1 amide bonds. The van der Waals surface area contributed by atoms with Crippen LogP contribution >= 0.6 is 11.6 Å². The van der Waals surface area contributed by atoms with Gasteiger partial charge in [0.05, 0.1) is 42.4 Å². The predicted molar refractivity (Wildman–Crippen MR) is 165 cm³/mol. The third-order valence-electron chi connectivity index (χ3n) is 8.70. The van der Waals surface area contributed by atoms with Gasteiger partial charge in [0.15, 0.2) is 0 Å². The average molecular weight is 586 g/mol. The van der Waals surface area contributed by atoms with Crippen molar-refractivity contribution in [2.75, 3.05) is 62.7 Å². The van der Waals surface area contributed by atoms with E-state index in [4.69, 9.17) is 26.3 Å². The van der Waals surface area contributed by atoms with E-state index in [0.717, 1.165) is 71.0 Å². The summed E-state index contributed by atoms with van der Waals surface area (Å²) in [6, 6.07) is 14.7. The maximum Gasteiger partial charge on any atom is 0.318 e. The molecule has 6 rings (SSSR count). The molecule has 2 saturated heterocycles. The first-order chi connectivity index (χ1) is 20.4. The minimum atomic E-state index is -0.240. The van der Waals surface area contributed by atoms with Crippen LogP contribution < -0.4 is 14.5 Å². The number of anilines is 2. The van der Waals surface area contributed by atoms with Gasteiger partial charge in [-0.3, -0.25) is 4.79 Å². The summed E-state index contributed by atoms with van der Waals surface area (Å²) in [5, 5.41) is 12.4. The molecule has 0 aliphatic carbocycles. The highest BCUT2D eigenvalue weighted by Crippen LogP contribution is 2.37. The molecule has 10 heteroatoms. The highest BCUT2D eigenvalue weighted by atomic mass is 35.5. The summed E-state index contributed by atoms with van der Waals surface area (Å²) in [5.74, 6) is 1.15. The monoisotopic (exact) mass is 585 g/mol. The quantitative estimate of drug-likeness (QED) is 0.379. The molecule has 3 aliphatic heterocycles. The van der Waals surface area contributed by atoms with Gasteiger partial charge in [-0.25, -0.2) is 0 Å². The fourth-order valence-electron chi connectivity index (χ4n) is 6.55. The summed E-state index contributed by atoms with van der Waals surface area (Å²) in [4.78, 5) is 31.1. The Bertz CT molecular complexity index is 1530. The van der Waals surface area contributed by atoms with Crippen molar-refractivity contribution in [2.45, 2.75) is 31.8 Å². The van der Waals surface area contributed by atoms with E-state index in [2.05, 4.69) is 58.7 Å². The molecular weight excluding hydrogens is 550 g/mol. The van der Waals surface area contributed by atoms with E-state index in [1.54, 1.807) is 4.90 Å². The number of likely N-dealkylation sites (tertiary alicyclic amines) is 1. The summed E-state index contributed by atoms with van der Waals surface area (Å²) in [7, 11) is 2.13. The topological polar surface area (TPSA) is 88.8 Å². The molecule has 42 heavy (non-hydrogen) atoms. The van der Waals surface area contributed by atoms with Crippen molar-refractivity contribution in [1.82, 2.24) is 19.8 Å². The van der Waals surface area contributed by atoms with Crippen LogP contribution in [0, 0.1) is 17.2 Å². The zero-order valence-electron chi connectivity index (χ0n) is 24.0. The van der Waals surface area contributed by atoms with Gasteiger partial charge in [0.1, 0.15) is 5.82 Å². The number of carbonyl (C=O) groups excluding carboxylic acids is 1. The molecule has 3 aliphatic rings. The first-order valence-electron chi connectivity index (χ1n) is 14.6. The Morgan fingerprint density at radius 3 is 2.74 bits per heavy atom. The van der Waals surface area contributed by atoms with Gasteiger partial charge in [-0.05, 0) is 50.0 Å². The number of carbonyl (C=O) groups is 1. The average Bonchev–Trinajstić information content (AvgIpc) is 3.43. The molecule has 0 bridgehead atoms. The number of hydrogen-bond donors (Lipinski definition) is 0. The van der Waals surface area contributed by atoms with Crippen LogP contribution in [0.5, 0.6) is 6.01 Å². The highest BCUT2D eigenvalue weighted by molar-refractivity contribution is 6.36. The normalized spacial score (nSPS) is 20.8. The Morgan fingerprint density at radius 1 is 1.14 bits per heavy atom. The molecule has 0 saturated carbocycles. The van der Waals surface area contributed by atoms with Crippen molar-refractivity contribution < 1.29 is 9.53 Å². The maximum absolute atomic E-state index is 12.5. The maximum atomic E-state index is 12.5. The Balaban J connectivity index is 1.33. The van der Waals surface area contributed by atoms with Crippen LogP contribution in [0.25, 0.3) is 10.8 Å². The molecule has 9 nitrogen and oxygen atoms in total.